The number of rotatable bonds is 6. The predicted octanol–water partition coefficient (Wildman–Crippen LogP) is 3.76. The highest BCUT2D eigenvalue weighted by Crippen LogP contribution is 2.15. The van der Waals surface area contributed by atoms with E-state index in [1.165, 1.54) is 12.1 Å². The fraction of sp³-hybridized carbons (Fsp3) is 0.250. The Labute approximate surface area is 121 Å². The van der Waals surface area contributed by atoms with Crippen LogP contribution in [0.1, 0.15) is 18.9 Å². The molecule has 1 unspecified atom stereocenters. The minimum Gasteiger partial charge on any atom is -0.237 e. The number of nitrogens with zero attached hydrogens (tertiary/aromatic N) is 1. The highest BCUT2D eigenvalue weighted by atomic mass is 32.2. The molecule has 106 valence electrons. The summed E-state index contributed by atoms with van der Waals surface area (Å²) in [6.45, 7) is 3.41. The average molecular weight is 291 g/mol. The second-order valence-electron chi connectivity index (χ2n) is 4.55. The van der Waals surface area contributed by atoms with Gasteiger partial charge in [0.05, 0.1) is 4.90 Å². The summed E-state index contributed by atoms with van der Waals surface area (Å²) in [6, 6.07) is 15.8. The zero-order chi connectivity index (χ0) is 14.4. The Morgan fingerprint density at radius 1 is 1.05 bits per heavy atom. The van der Waals surface area contributed by atoms with Crippen LogP contribution in [0.3, 0.4) is 0 Å². The van der Waals surface area contributed by atoms with Crippen LogP contribution in [0, 0.1) is 5.82 Å². The molecule has 2 nitrogen and oxygen atoms in total. The van der Waals surface area contributed by atoms with Crippen molar-refractivity contribution >= 4 is 11.0 Å². The molecule has 2 aromatic carbocycles. The van der Waals surface area contributed by atoms with E-state index in [1.807, 2.05) is 34.6 Å². The largest absolute Gasteiger partial charge is 0.237 e. The minimum atomic E-state index is -1.26. The first kappa shape index (κ1) is 14.9. The number of halogens is 1. The lowest BCUT2D eigenvalue weighted by Gasteiger charge is -2.20. The number of hydrogen-bond donors (Lipinski definition) is 0. The third-order valence-electron chi connectivity index (χ3n) is 2.92. The van der Waals surface area contributed by atoms with Crippen molar-refractivity contribution in [1.29, 1.82) is 0 Å². The van der Waals surface area contributed by atoms with Gasteiger partial charge in [-0.2, -0.15) is 0 Å². The van der Waals surface area contributed by atoms with E-state index < -0.39 is 11.0 Å². The Morgan fingerprint density at radius 2 is 1.70 bits per heavy atom. The van der Waals surface area contributed by atoms with E-state index in [9.17, 15) is 8.60 Å². The van der Waals surface area contributed by atoms with Gasteiger partial charge in [-0.25, -0.2) is 12.9 Å². The van der Waals surface area contributed by atoms with Gasteiger partial charge in [-0.05, 0) is 36.2 Å². The third kappa shape index (κ3) is 3.99. The van der Waals surface area contributed by atoms with E-state index in [0.717, 1.165) is 18.5 Å². The van der Waals surface area contributed by atoms with Crippen molar-refractivity contribution in [3.63, 3.8) is 0 Å². The Bertz CT molecular complexity index is 556. The fourth-order valence-corrected chi connectivity index (χ4v) is 3.24. The van der Waals surface area contributed by atoms with Crippen LogP contribution in [0.15, 0.2) is 59.5 Å². The number of hydrogen-bond acceptors (Lipinski definition) is 1. The molecule has 0 aliphatic carbocycles. The van der Waals surface area contributed by atoms with Crippen molar-refractivity contribution in [2.24, 2.45) is 0 Å². The highest BCUT2D eigenvalue weighted by molar-refractivity contribution is 7.82. The van der Waals surface area contributed by atoms with Crippen LogP contribution in [-0.2, 0) is 17.5 Å². The monoisotopic (exact) mass is 291 g/mol. The smallest absolute Gasteiger partial charge is 0.127 e. The summed E-state index contributed by atoms with van der Waals surface area (Å²) < 4.78 is 27.4. The molecule has 1 atom stereocenters. The Kier molecular flexibility index (Phi) is 5.44. The van der Waals surface area contributed by atoms with Crippen LogP contribution in [0.4, 0.5) is 4.39 Å². The quantitative estimate of drug-likeness (QED) is 0.793. The minimum absolute atomic E-state index is 0.309. The van der Waals surface area contributed by atoms with Crippen LogP contribution >= 0.6 is 0 Å². The zero-order valence-corrected chi connectivity index (χ0v) is 12.3. The maximum absolute atomic E-state index is 12.9. The third-order valence-corrected chi connectivity index (χ3v) is 4.38. The van der Waals surface area contributed by atoms with Crippen LogP contribution in [0.2, 0.25) is 0 Å². The van der Waals surface area contributed by atoms with Crippen molar-refractivity contribution in [3.8, 4) is 0 Å². The van der Waals surface area contributed by atoms with E-state index in [2.05, 4.69) is 6.92 Å². The van der Waals surface area contributed by atoms with Crippen molar-refractivity contribution in [2.45, 2.75) is 24.8 Å². The molecule has 20 heavy (non-hydrogen) atoms. The van der Waals surface area contributed by atoms with Gasteiger partial charge >= 0.3 is 0 Å². The molecular formula is C16H18FNOS. The van der Waals surface area contributed by atoms with Gasteiger partial charge < -0.3 is 0 Å². The number of benzene rings is 2. The lowest BCUT2D eigenvalue weighted by Crippen LogP contribution is -2.26. The van der Waals surface area contributed by atoms with Gasteiger partial charge in [0.2, 0.25) is 0 Å². The molecule has 0 amide bonds. The molecule has 0 aliphatic heterocycles. The van der Waals surface area contributed by atoms with E-state index in [-0.39, 0.29) is 5.82 Å². The summed E-state index contributed by atoms with van der Waals surface area (Å²) >= 11 is 0. The first-order valence-corrected chi connectivity index (χ1v) is 7.77. The van der Waals surface area contributed by atoms with Gasteiger partial charge in [-0.3, -0.25) is 0 Å². The molecule has 0 saturated carbocycles. The van der Waals surface area contributed by atoms with E-state index >= 15 is 0 Å². The zero-order valence-electron chi connectivity index (χ0n) is 11.5. The van der Waals surface area contributed by atoms with Gasteiger partial charge in [0, 0.05) is 13.1 Å². The van der Waals surface area contributed by atoms with Crippen molar-refractivity contribution in [2.75, 3.05) is 6.54 Å². The summed E-state index contributed by atoms with van der Waals surface area (Å²) in [5.74, 6) is -0.309. The van der Waals surface area contributed by atoms with Crippen molar-refractivity contribution in [3.05, 3.63) is 66.0 Å². The van der Waals surface area contributed by atoms with Crippen LogP contribution < -0.4 is 0 Å². The summed E-state index contributed by atoms with van der Waals surface area (Å²) in [5.41, 5.74) is 1.12. The molecule has 4 heteroatoms. The Hall–Kier alpha value is -1.52. The van der Waals surface area contributed by atoms with E-state index in [4.69, 9.17) is 0 Å². The van der Waals surface area contributed by atoms with Gasteiger partial charge in [0.1, 0.15) is 16.8 Å². The molecule has 0 aromatic heterocycles. The first-order chi connectivity index (χ1) is 9.70. The maximum atomic E-state index is 12.9. The molecule has 2 rings (SSSR count). The van der Waals surface area contributed by atoms with Gasteiger partial charge in [0.15, 0.2) is 0 Å². The maximum Gasteiger partial charge on any atom is 0.127 e. The molecule has 0 radical (unpaired) electrons. The second-order valence-corrected chi connectivity index (χ2v) is 6.04. The molecule has 0 N–H and O–H groups in total. The topological polar surface area (TPSA) is 20.3 Å². The van der Waals surface area contributed by atoms with Crippen molar-refractivity contribution in [1.82, 2.24) is 4.31 Å². The Morgan fingerprint density at radius 3 is 2.30 bits per heavy atom. The first-order valence-electron chi connectivity index (χ1n) is 6.67. The van der Waals surface area contributed by atoms with Gasteiger partial charge in [0.25, 0.3) is 0 Å². The van der Waals surface area contributed by atoms with Gasteiger partial charge in [-0.15, -0.1) is 0 Å². The molecule has 0 bridgehead atoms. The normalized spacial score (nSPS) is 12.6. The predicted molar refractivity (Wildman–Crippen MR) is 80.0 cm³/mol. The molecule has 0 aliphatic rings. The van der Waals surface area contributed by atoms with Gasteiger partial charge in [-0.1, -0.05) is 37.3 Å². The molecule has 2 aromatic rings. The standard InChI is InChI=1S/C16H18FNOS/c1-2-12-18(13-14-6-4-3-5-7-14)20(19)16-10-8-15(17)9-11-16/h3-11H,2,12-13H2,1H3. The summed E-state index contributed by atoms with van der Waals surface area (Å²) in [7, 11) is -1.26. The lowest BCUT2D eigenvalue weighted by molar-refractivity contribution is 0.438. The fourth-order valence-electron chi connectivity index (χ4n) is 1.96. The van der Waals surface area contributed by atoms with E-state index in [1.54, 1.807) is 12.1 Å². The SMILES string of the molecule is CCCN(Cc1ccccc1)S(=O)c1ccc(F)cc1. The van der Waals surface area contributed by atoms with E-state index in [0.29, 0.717) is 11.4 Å². The molecule has 0 fully saturated rings. The average Bonchev–Trinajstić information content (AvgIpc) is 2.48. The summed E-state index contributed by atoms with van der Waals surface area (Å²) in [4.78, 5) is 0.635. The van der Waals surface area contributed by atoms with Crippen molar-refractivity contribution < 1.29 is 8.60 Å². The highest BCUT2D eigenvalue weighted by Gasteiger charge is 2.14. The van der Waals surface area contributed by atoms with Crippen LogP contribution in [0.25, 0.3) is 0 Å². The molecule has 0 heterocycles. The van der Waals surface area contributed by atoms with Crippen LogP contribution in [-0.4, -0.2) is 15.1 Å². The Balaban J connectivity index is 2.15. The molecular weight excluding hydrogens is 273 g/mol. The van der Waals surface area contributed by atoms with Crippen LogP contribution in [0.5, 0.6) is 0 Å². The second kappa shape index (κ2) is 7.31. The lowest BCUT2D eigenvalue weighted by atomic mass is 10.2. The molecule has 0 saturated heterocycles. The molecule has 0 spiro atoms. The summed E-state index contributed by atoms with van der Waals surface area (Å²) in [5, 5.41) is 0. The summed E-state index contributed by atoms with van der Waals surface area (Å²) in [6.07, 6.45) is 0.916.